The van der Waals surface area contributed by atoms with Gasteiger partial charge in [-0.25, -0.2) is 0 Å². The van der Waals surface area contributed by atoms with Crippen LogP contribution < -0.4 is 14.8 Å². The Morgan fingerprint density at radius 3 is 2.37 bits per heavy atom. The summed E-state index contributed by atoms with van der Waals surface area (Å²) in [7, 11) is 5.37. The van der Waals surface area contributed by atoms with Crippen LogP contribution in [0.3, 0.4) is 0 Å². The largest absolute Gasteiger partial charge is 0.493 e. The van der Waals surface area contributed by atoms with Gasteiger partial charge in [0.15, 0.2) is 11.5 Å². The Bertz CT molecular complexity index is 844. The minimum Gasteiger partial charge on any atom is -0.493 e. The topological polar surface area (TPSA) is 74.6 Å². The van der Waals surface area contributed by atoms with E-state index < -0.39 is 0 Å². The predicted molar refractivity (Wildman–Crippen MR) is 118 cm³/mol. The third kappa shape index (κ3) is 7.76. The van der Waals surface area contributed by atoms with E-state index >= 15 is 0 Å². The van der Waals surface area contributed by atoms with E-state index in [2.05, 4.69) is 29.4 Å². The average molecular weight is 410 g/mol. The maximum absolute atomic E-state index is 12.0. The fourth-order valence-corrected chi connectivity index (χ4v) is 3.14. The molecule has 0 heterocycles. The highest BCUT2D eigenvalue weighted by Crippen LogP contribution is 2.27. The number of carbonyl (C=O) groups excluding carboxylic acids is 1. The lowest BCUT2D eigenvalue weighted by Gasteiger charge is -2.17. The van der Waals surface area contributed by atoms with Crippen LogP contribution in [0.1, 0.15) is 29.5 Å². The molecule has 0 aliphatic heterocycles. The number of nitrogens with zero attached hydrogens (tertiary/aromatic N) is 2. The number of nitriles is 1. The molecular weight excluding hydrogens is 378 g/mol. The highest BCUT2D eigenvalue weighted by Gasteiger charge is 2.06. The van der Waals surface area contributed by atoms with Crippen molar-refractivity contribution in [2.75, 3.05) is 40.9 Å². The summed E-state index contributed by atoms with van der Waals surface area (Å²) in [6.07, 6.45) is 2.97. The van der Waals surface area contributed by atoms with Crippen molar-refractivity contribution in [1.82, 2.24) is 10.2 Å². The minimum absolute atomic E-state index is 0.0624. The van der Waals surface area contributed by atoms with Crippen LogP contribution >= 0.6 is 0 Å². The maximum atomic E-state index is 12.0. The second kappa shape index (κ2) is 12.5. The molecule has 0 aromatic heterocycles. The number of methoxy groups -OCH3 is 2. The highest BCUT2D eigenvalue weighted by atomic mass is 16.5. The van der Waals surface area contributed by atoms with Crippen LogP contribution in [0.5, 0.6) is 11.5 Å². The first-order chi connectivity index (χ1) is 14.5. The Balaban J connectivity index is 1.60. The van der Waals surface area contributed by atoms with Crippen molar-refractivity contribution < 1.29 is 14.3 Å². The number of aryl methyl sites for hydroxylation is 1. The molecule has 0 aliphatic rings. The zero-order valence-electron chi connectivity index (χ0n) is 18.1. The summed E-state index contributed by atoms with van der Waals surface area (Å²) in [5.74, 6) is 1.55. The van der Waals surface area contributed by atoms with Gasteiger partial charge in [-0.15, -0.1) is 0 Å². The lowest BCUT2D eigenvalue weighted by atomic mass is 10.1. The quantitative estimate of drug-likeness (QED) is 0.545. The van der Waals surface area contributed by atoms with Gasteiger partial charge in [0.2, 0.25) is 5.91 Å². The van der Waals surface area contributed by atoms with E-state index in [4.69, 9.17) is 14.7 Å². The van der Waals surface area contributed by atoms with E-state index in [1.54, 1.807) is 26.4 Å². The zero-order chi connectivity index (χ0) is 21.8. The first-order valence-electron chi connectivity index (χ1n) is 10.2. The maximum Gasteiger partial charge on any atom is 0.220 e. The van der Waals surface area contributed by atoms with Crippen molar-refractivity contribution in [3.8, 4) is 17.6 Å². The van der Waals surface area contributed by atoms with Gasteiger partial charge in [-0.3, -0.25) is 4.79 Å². The van der Waals surface area contributed by atoms with Crippen molar-refractivity contribution in [3.63, 3.8) is 0 Å². The van der Waals surface area contributed by atoms with Crippen LogP contribution in [0.25, 0.3) is 0 Å². The second-order valence-corrected chi connectivity index (χ2v) is 7.25. The van der Waals surface area contributed by atoms with Crippen LogP contribution in [0.15, 0.2) is 42.5 Å². The number of ether oxygens (including phenoxy) is 2. The van der Waals surface area contributed by atoms with E-state index in [1.165, 1.54) is 5.56 Å². The number of hydrogen-bond donors (Lipinski definition) is 1. The molecule has 0 saturated carbocycles. The summed E-state index contributed by atoms with van der Waals surface area (Å²) < 4.78 is 10.6. The molecule has 0 radical (unpaired) electrons. The van der Waals surface area contributed by atoms with Gasteiger partial charge >= 0.3 is 0 Å². The van der Waals surface area contributed by atoms with Gasteiger partial charge in [-0.05, 0) is 68.2 Å². The monoisotopic (exact) mass is 409 g/mol. The molecular formula is C24H31N3O3. The van der Waals surface area contributed by atoms with Crippen molar-refractivity contribution >= 4 is 5.91 Å². The normalized spacial score (nSPS) is 10.5. The Morgan fingerprint density at radius 1 is 1.00 bits per heavy atom. The number of likely N-dealkylation sites (N-methyl/N-ethyl adjacent to an activating group) is 1. The summed E-state index contributed by atoms with van der Waals surface area (Å²) in [5, 5.41) is 11.8. The molecule has 30 heavy (non-hydrogen) atoms. The summed E-state index contributed by atoms with van der Waals surface area (Å²) in [6.45, 7) is 2.53. The molecule has 6 nitrogen and oxygen atoms in total. The van der Waals surface area contributed by atoms with E-state index in [1.807, 2.05) is 24.3 Å². The first-order valence-corrected chi connectivity index (χ1v) is 10.2. The van der Waals surface area contributed by atoms with Gasteiger partial charge in [0, 0.05) is 19.5 Å². The van der Waals surface area contributed by atoms with Gasteiger partial charge < -0.3 is 19.7 Å². The molecule has 2 aromatic rings. The van der Waals surface area contributed by atoms with Gasteiger partial charge in [0.05, 0.1) is 25.9 Å². The van der Waals surface area contributed by atoms with Crippen LogP contribution in [-0.2, 0) is 17.6 Å². The molecule has 2 aromatic carbocycles. The summed E-state index contributed by atoms with van der Waals surface area (Å²) in [4.78, 5) is 14.3. The van der Waals surface area contributed by atoms with E-state index in [0.717, 1.165) is 43.0 Å². The first kappa shape index (κ1) is 23.2. The Hall–Kier alpha value is -3.04. The molecule has 0 atom stereocenters. The van der Waals surface area contributed by atoms with Gasteiger partial charge in [-0.2, -0.15) is 5.26 Å². The Labute approximate surface area is 179 Å². The molecule has 0 spiro atoms. The van der Waals surface area contributed by atoms with Crippen LogP contribution in [0, 0.1) is 11.3 Å². The van der Waals surface area contributed by atoms with Crippen molar-refractivity contribution in [3.05, 3.63) is 59.2 Å². The summed E-state index contributed by atoms with van der Waals surface area (Å²) >= 11 is 0. The average Bonchev–Trinajstić information content (AvgIpc) is 2.79. The molecule has 6 heteroatoms. The smallest absolute Gasteiger partial charge is 0.220 e. The van der Waals surface area contributed by atoms with E-state index in [9.17, 15) is 4.79 Å². The van der Waals surface area contributed by atoms with Crippen molar-refractivity contribution in [2.45, 2.75) is 25.7 Å². The van der Waals surface area contributed by atoms with Crippen LogP contribution in [0.2, 0.25) is 0 Å². The lowest BCUT2D eigenvalue weighted by Crippen LogP contribution is -2.29. The molecule has 0 aliphatic carbocycles. The third-order valence-electron chi connectivity index (χ3n) is 4.99. The van der Waals surface area contributed by atoms with Crippen molar-refractivity contribution in [1.29, 1.82) is 5.26 Å². The van der Waals surface area contributed by atoms with Gasteiger partial charge in [-0.1, -0.05) is 18.2 Å². The number of carbonyl (C=O) groups is 1. The molecule has 0 saturated heterocycles. The predicted octanol–water partition coefficient (Wildman–Crippen LogP) is 3.19. The third-order valence-corrected chi connectivity index (χ3v) is 4.99. The molecule has 1 N–H and O–H groups in total. The number of hydrogen-bond acceptors (Lipinski definition) is 5. The summed E-state index contributed by atoms with van der Waals surface area (Å²) in [6, 6.07) is 15.5. The highest BCUT2D eigenvalue weighted by molar-refractivity contribution is 5.76. The van der Waals surface area contributed by atoms with Crippen molar-refractivity contribution in [2.24, 2.45) is 0 Å². The van der Waals surface area contributed by atoms with Crippen LogP contribution in [0.4, 0.5) is 0 Å². The van der Waals surface area contributed by atoms with E-state index in [0.29, 0.717) is 24.9 Å². The number of rotatable bonds is 12. The lowest BCUT2D eigenvalue weighted by molar-refractivity contribution is -0.121. The fourth-order valence-electron chi connectivity index (χ4n) is 3.14. The molecule has 2 rings (SSSR count). The molecule has 160 valence electrons. The Morgan fingerprint density at radius 2 is 1.70 bits per heavy atom. The molecule has 0 unspecified atom stereocenters. The fraction of sp³-hybridized carbons (Fsp3) is 0.417. The number of amides is 1. The SMILES string of the molecule is COc1ccc(CCN(C)CCCNC(=O)CCc2ccc(C#N)cc2)cc1OC. The minimum atomic E-state index is 0.0624. The van der Waals surface area contributed by atoms with Gasteiger partial charge in [0.25, 0.3) is 0 Å². The number of nitrogens with one attached hydrogen (secondary N) is 1. The van der Waals surface area contributed by atoms with Crippen LogP contribution in [-0.4, -0.2) is 51.7 Å². The second-order valence-electron chi connectivity index (χ2n) is 7.25. The Kier molecular flexibility index (Phi) is 9.69. The standard InChI is InChI=1S/C24H31N3O3/c1-27(16-13-20-9-11-22(29-2)23(17-20)30-3)15-4-14-26-24(28)12-10-19-5-7-21(18-25)8-6-19/h5-9,11,17H,4,10,12-16H2,1-3H3,(H,26,28). The van der Waals surface area contributed by atoms with Gasteiger partial charge in [0.1, 0.15) is 0 Å². The number of benzene rings is 2. The zero-order valence-corrected chi connectivity index (χ0v) is 18.1. The molecule has 0 fully saturated rings. The van der Waals surface area contributed by atoms with E-state index in [-0.39, 0.29) is 5.91 Å². The summed E-state index contributed by atoms with van der Waals surface area (Å²) in [5.41, 5.74) is 2.91. The molecule has 0 bridgehead atoms. The molecule has 1 amide bonds.